The number of benzene rings is 4. The number of nitrogens with zero attached hydrogens (tertiary/aromatic N) is 4. The summed E-state index contributed by atoms with van der Waals surface area (Å²) in [7, 11) is -16.0. The van der Waals surface area contributed by atoms with Crippen molar-refractivity contribution in [3.63, 3.8) is 0 Å². The zero-order valence-electron chi connectivity index (χ0n) is 33.8. The number of anilines is 3. The number of ketones is 1. The van der Waals surface area contributed by atoms with Crippen molar-refractivity contribution >= 4 is 69.2 Å². The van der Waals surface area contributed by atoms with Crippen molar-refractivity contribution in [2.24, 2.45) is 0 Å². The highest BCUT2D eigenvalue weighted by Crippen LogP contribution is 2.22. The van der Waals surface area contributed by atoms with Crippen LogP contribution in [-0.2, 0) is 46.5 Å². The van der Waals surface area contributed by atoms with E-state index >= 15 is 0 Å². The first-order chi connectivity index (χ1) is 29.2. The van der Waals surface area contributed by atoms with E-state index in [-0.39, 0.29) is 45.0 Å². The van der Waals surface area contributed by atoms with Crippen LogP contribution in [0.2, 0.25) is 0 Å². The van der Waals surface area contributed by atoms with Crippen molar-refractivity contribution in [1.82, 2.24) is 28.2 Å². The van der Waals surface area contributed by atoms with Crippen LogP contribution in [0.5, 0.6) is 0 Å². The number of aryl methyl sites for hydroxylation is 2. The molecule has 0 bridgehead atoms. The Bertz CT molecular complexity index is 3080. The second-order valence-corrected chi connectivity index (χ2v) is 20.9. The van der Waals surface area contributed by atoms with Crippen molar-refractivity contribution in [1.29, 1.82) is 0 Å². The van der Waals surface area contributed by atoms with Crippen molar-refractivity contribution in [3.8, 4) is 22.5 Å². The SMILES string of the molecule is CS(=O)(=O)NS(=O)(=O)c1ccc(N)cc1.Cc1ccc(-c2cnc(N)c(C(=O)Cc3ccc(S(=O)(=O)NS(C)(=O)=O)cc3)n2)cc1.Cc1ccc(-c2cnc(N)c(C(=O)O)n2)cc1. The second kappa shape index (κ2) is 20.0. The summed E-state index contributed by atoms with van der Waals surface area (Å²) in [5, 5.41) is 8.90. The topological polar surface area (TPSA) is 345 Å². The first-order valence-electron chi connectivity index (χ1n) is 17.8. The average Bonchev–Trinajstić information content (AvgIpc) is 3.18. The zero-order chi connectivity index (χ0) is 46.9. The van der Waals surface area contributed by atoms with Crippen LogP contribution in [0.3, 0.4) is 0 Å². The minimum atomic E-state index is -4.23. The van der Waals surface area contributed by atoms with Gasteiger partial charge in [0.2, 0.25) is 20.0 Å². The van der Waals surface area contributed by atoms with E-state index in [4.69, 9.17) is 22.3 Å². The van der Waals surface area contributed by atoms with Gasteiger partial charge in [0.25, 0.3) is 20.0 Å². The summed E-state index contributed by atoms with van der Waals surface area (Å²) in [6.07, 6.45) is 4.38. The van der Waals surface area contributed by atoms with Crippen LogP contribution >= 0.6 is 0 Å². The lowest BCUT2D eigenvalue weighted by molar-refractivity contribution is 0.0691. The number of carbonyl (C=O) groups excluding carboxylic acids is 1. The van der Waals surface area contributed by atoms with Crippen LogP contribution in [0, 0.1) is 13.8 Å². The van der Waals surface area contributed by atoms with Gasteiger partial charge in [0.1, 0.15) is 5.69 Å². The molecule has 0 aliphatic heterocycles. The Kier molecular flexibility index (Phi) is 15.5. The molecule has 0 aliphatic carbocycles. The summed E-state index contributed by atoms with van der Waals surface area (Å²) in [6, 6.07) is 25.6. The van der Waals surface area contributed by atoms with E-state index in [1.54, 1.807) is 4.13 Å². The third kappa shape index (κ3) is 14.7. The largest absolute Gasteiger partial charge is 0.476 e. The smallest absolute Gasteiger partial charge is 0.358 e. The van der Waals surface area contributed by atoms with Gasteiger partial charge in [-0.15, -0.1) is 8.25 Å². The van der Waals surface area contributed by atoms with Crippen LogP contribution in [0.15, 0.2) is 119 Å². The normalized spacial score (nSPS) is 11.6. The Hall–Kier alpha value is -6.70. The van der Waals surface area contributed by atoms with Crippen molar-refractivity contribution in [3.05, 3.63) is 138 Å². The molecule has 0 aliphatic rings. The number of carboxylic acid groups (broad SMARTS) is 1. The molecule has 20 nitrogen and oxygen atoms in total. The second-order valence-electron chi connectivity index (χ2n) is 13.5. The fourth-order valence-corrected chi connectivity index (χ4v) is 10.0. The quantitative estimate of drug-likeness (QED) is 0.0758. The Morgan fingerprint density at radius 3 is 1.30 bits per heavy atom. The number of hydrogen-bond acceptors (Lipinski definition) is 17. The molecule has 0 spiro atoms. The van der Waals surface area contributed by atoms with Crippen molar-refractivity contribution in [2.45, 2.75) is 30.1 Å². The maximum atomic E-state index is 12.7. The van der Waals surface area contributed by atoms with Gasteiger partial charge >= 0.3 is 5.97 Å². The molecule has 0 saturated carbocycles. The molecule has 63 heavy (non-hydrogen) atoms. The van der Waals surface area contributed by atoms with Crippen molar-refractivity contribution < 1.29 is 48.4 Å². The molecule has 9 N–H and O–H groups in total. The summed E-state index contributed by atoms with van der Waals surface area (Å²) < 4.78 is 94.0. The molecule has 6 rings (SSSR count). The highest BCUT2D eigenvalue weighted by molar-refractivity contribution is 8.04. The van der Waals surface area contributed by atoms with Gasteiger partial charge in [0.15, 0.2) is 23.1 Å². The lowest BCUT2D eigenvalue weighted by atomic mass is 10.1. The van der Waals surface area contributed by atoms with E-state index in [1.165, 1.54) is 65.1 Å². The number of sulfonamides is 4. The van der Waals surface area contributed by atoms with Gasteiger partial charge < -0.3 is 22.3 Å². The number of nitrogens with one attached hydrogen (secondary N) is 2. The molecule has 0 saturated heterocycles. The predicted octanol–water partition coefficient (Wildman–Crippen LogP) is 2.94. The number of rotatable bonds is 12. The number of carbonyl (C=O) groups is 2. The molecule has 2 heterocycles. The van der Waals surface area contributed by atoms with Gasteiger partial charge in [0, 0.05) is 23.2 Å². The number of nitrogen functional groups attached to an aromatic ring is 3. The highest BCUT2D eigenvalue weighted by atomic mass is 32.3. The molecule has 24 heteroatoms. The van der Waals surface area contributed by atoms with E-state index in [0.717, 1.165) is 34.8 Å². The van der Waals surface area contributed by atoms with Crippen molar-refractivity contribution in [2.75, 3.05) is 29.7 Å². The Balaban J connectivity index is 0.000000229. The van der Waals surface area contributed by atoms with Gasteiger partial charge in [-0.2, -0.15) is 0 Å². The summed E-state index contributed by atoms with van der Waals surface area (Å²) in [5.41, 5.74) is 22.2. The molecule has 4 aromatic carbocycles. The maximum absolute atomic E-state index is 12.7. The van der Waals surface area contributed by atoms with Gasteiger partial charge in [0.05, 0.1) is 46.1 Å². The number of nitrogens with two attached hydrogens (primary N) is 3. The fraction of sp³-hybridized carbons (Fsp3) is 0.128. The number of Topliss-reactive ketones (excluding diaryl/α,β-unsaturated/α-hetero) is 1. The minimum absolute atomic E-state index is 0.00240. The molecule has 2 aromatic heterocycles. The molecule has 332 valence electrons. The van der Waals surface area contributed by atoms with Gasteiger partial charge in [-0.05, 0) is 55.8 Å². The fourth-order valence-electron chi connectivity index (χ4n) is 5.08. The highest BCUT2D eigenvalue weighted by Gasteiger charge is 2.21. The first kappa shape index (κ1) is 49.0. The lowest BCUT2D eigenvalue weighted by Gasteiger charge is -2.08. The Morgan fingerprint density at radius 1 is 0.556 bits per heavy atom. The maximum Gasteiger partial charge on any atom is 0.358 e. The van der Waals surface area contributed by atoms with E-state index in [2.05, 4.69) is 19.9 Å². The third-order valence-electron chi connectivity index (χ3n) is 8.07. The molecular weight excluding hydrogens is 899 g/mol. The molecule has 0 fully saturated rings. The standard InChI is InChI=1S/C20H20N4O5S2.C12H11N3O2.C7H10N2O4S2/c1-13-3-7-15(8-4-13)17-12-22-20(21)19(23-17)18(25)11-14-5-9-16(10-6-14)31(28,29)24-30(2,26)27;1-7-2-4-8(5-3-7)9-6-14-11(13)10(15-9)12(16)17;1-14(10,11)9-15(12,13)7-4-2-6(8)3-5-7/h3-10,12,24H,11H2,1-2H3,(H2,21,22);2-6H,1H3,(H2,13,14)(H,16,17);2-5,9H,8H2,1H3. The van der Waals surface area contributed by atoms with E-state index in [9.17, 15) is 43.3 Å². The van der Waals surface area contributed by atoms with Crippen LogP contribution in [0.1, 0.15) is 37.7 Å². The van der Waals surface area contributed by atoms with Gasteiger partial charge in [-0.25, -0.2) is 58.4 Å². The molecule has 0 atom stereocenters. The minimum Gasteiger partial charge on any atom is -0.476 e. The molecular formula is C39H41N9O11S4. The molecule has 0 amide bonds. The van der Waals surface area contributed by atoms with E-state index in [0.29, 0.717) is 22.6 Å². The van der Waals surface area contributed by atoms with Crippen LogP contribution < -0.4 is 25.5 Å². The number of carboxylic acids is 1. The zero-order valence-corrected chi connectivity index (χ0v) is 37.0. The average molecular weight is 940 g/mol. The Morgan fingerprint density at radius 2 is 0.921 bits per heavy atom. The summed E-state index contributed by atoms with van der Waals surface area (Å²) >= 11 is 0. The number of hydrogen-bond donors (Lipinski definition) is 6. The molecule has 6 aromatic rings. The monoisotopic (exact) mass is 939 g/mol. The van der Waals surface area contributed by atoms with Crippen LogP contribution in [0.4, 0.5) is 17.3 Å². The predicted molar refractivity (Wildman–Crippen MR) is 236 cm³/mol. The molecule has 0 radical (unpaired) electrons. The van der Waals surface area contributed by atoms with E-state index < -0.39 is 46.1 Å². The molecule has 0 unspecified atom stereocenters. The number of aromatic carboxylic acids is 1. The first-order valence-corrected chi connectivity index (χ1v) is 24.5. The van der Waals surface area contributed by atoms with Gasteiger partial charge in [-0.1, -0.05) is 71.8 Å². The Labute approximate surface area is 363 Å². The lowest BCUT2D eigenvalue weighted by Crippen LogP contribution is -2.29. The van der Waals surface area contributed by atoms with Crippen LogP contribution in [-0.4, -0.2) is 83.0 Å². The van der Waals surface area contributed by atoms with Gasteiger partial charge in [-0.3, -0.25) is 4.79 Å². The van der Waals surface area contributed by atoms with Crippen LogP contribution in [0.25, 0.3) is 22.5 Å². The van der Waals surface area contributed by atoms with E-state index in [1.807, 2.05) is 62.4 Å². The number of aromatic nitrogens is 4. The summed E-state index contributed by atoms with van der Waals surface area (Å²) in [6.45, 7) is 3.93. The summed E-state index contributed by atoms with van der Waals surface area (Å²) in [4.78, 5) is 39.5. The third-order valence-corrected chi connectivity index (χ3v) is 14.0. The summed E-state index contributed by atoms with van der Waals surface area (Å²) in [5.74, 6) is -1.64.